The normalized spacial score (nSPS) is 21.1. The fraction of sp³-hybridized carbons (Fsp3) is 0.727. The van der Waals surface area contributed by atoms with E-state index >= 15 is 0 Å². The van der Waals surface area contributed by atoms with E-state index in [0.717, 1.165) is 24.5 Å². The highest BCUT2D eigenvalue weighted by Gasteiger charge is 2.23. The van der Waals surface area contributed by atoms with Crippen LogP contribution >= 0.6 is 11.8 Å². The van der Waals surface area contributed by atoms with Gasteiger partial charge in [0.05, 0.1) is 5.69 Å². The minimum Gasteiger partial charge on any atom is -0.446 e. The minimum absolute atomic E-state index is 0.616. The van der Waals surface area contributed by atoms with Gasteiger partial charge in [-0.1, -0.05) is 0 Å². The molecule has 0 spiro atoms. The molecular weight excluding hydrogens is 208 g/mol. The van der Waals surface area contributed by atoms with Crippen LogP contribution in [0.15, 0.2) is 4.42 Å². The summed E-state index contributed by atoms with van der Waals surface area (Å²) in [5.41, 5.74) is 6.66. The number of thioether (sulfide) groups is 1. The van der Waals surface area contributed by atoms with E-state index in [0.29, 0.717) is 12.5 Å². The molecule has 0 saturated carbocycles. The fourth-order valence-electron chi connectivity index (χ4n) is 1.95. The molecule has 1 aromatic heterocycles. The number of aromatic nitrogens is 1. The number of nitrogens with two attached hydrogens (primary N) is 1. The third-order valence-electron chi connectivity index (χ3n) is 2.79. The lowest BCUT2D eigenvalue weighted by molar-refractivity contribution is 0.464. The van der Waals surface area contributed by atoms with Crippen molar-refractivity contribution < 1.29 is 4.42 Å². The van der Waals surface area contributed by atoms with Crippen molar-refractivity contribution >= 4 is 11.8 Å². The van der Waals surface area contributed by atoms with Crippen molar-refractivity contribution in [3.05, 3.63) is 17.3 Å². The van der Waals surface area contributed by atoms with E-state index in [2.05, 4.69) is 4.98 Å². The van der Waals surface area contributed by atoms with Crippen LogP contribution in [0.1, 0.15) is 36.1 Å². The highest BCUT2D eigenvalue weighted by atomic mass is 32.2. The first-order valence-electron chi connectivity index (χ1n) is 5.55. The van der Waals surface area contributed by atoms with Gasteiger partial charge in [0, 0.05) is 18.1 Å². The highest BCUT2D eigenvalue weighted by Crippen LogP contribution is 2.33. The van der Waals surface area contributed by atoms with Crippen LogP contribution in [-0.4, -0.2) is 23.0 Å². The van der Waals surface area contributed by atoms with Gasteiger partial charge in [0.2, 0.25) is 0 Å². The van der Waals surface area contributed by atoms with Crippen LogP contribution in [-0.2, 0) is 6.42 Å². The average Bonchev–Trinajstić information content (AvgIpc) is 2.83. The molecule has 0 bridgehead atoms. The molecule has 84 valence electrons. The van der Waals surface area contributed by atoms with Gasteiger partial charge in [-0.25, -0.2) is 4.98 Å². The Morgan fingerprint density at radius 3 is 3.13 bits per heavy atom. The van der Waals surface area contributed by atoms with E-state index in [9.17, 15) is 0 Å². The number of hydrogen-bond acceptors (Lipinski definition) is 4. The first-order valence-corrected chi connectivity index (χ1v) is 6.70. The maximum absolute atomic E-state index is 5.65. The number of oxazole rings is 1. The molecule has 1 aliphatic rings. The molecule has 0 aromatic carbocycles. The van der Waals surface area contributed by atoms with Crippen LogP contribution < -0.4 is 5.73 Å². The zero-order chi connectivity index (χ0) is 10.7. The van der Waals surface area contributed by atoms with Gasteiger partial charge in [-0.05, 0) is 32.1 Å². The summed E-state index contributed by atoms with van der Waals surface area (Å²) in [5.74, 6) is 4.95. The molecule has 2 heterocycles. The standard InChI is InChI=1S/C11H18N2OS/c1-8-11(9-4-6-15-7-9)13-10(14-8)3-2-5-12/h9H,2-7,12H2,1H3. The molecule has 15 heavy (non-hydrogen) atoms. The Morgan fingerprint density at radius 2 is 2.47 bits per heavy atom. The van der Waals surface area contributed by atoms with Crippen molar-refractivity contribution in [2.24, 2.45) is 5.73 Å². The number of aryl methyl sites for hydroxylation is 2. The van der Waals surface area contributed by atoms with Gasteiger partial charge in [0.15, 0.2) is 5.89 Å². The van der Waals surface area contributed by atoms with Gasteiger partial charge in [0.1, 0.15) is 5.76 Å². The molecule has 1 unspecified atom stereocenters. The summed E-state index contributed by atoms with van der Waals surface area (Å²) in [7, 11) is 0. The Morgan fingerprint density at radius 1 is 1.60 bits per heavy atom. The summed E-state index contributed by atoms with van der Waals surface area (Å²) in [4.78, 5) is 4.59. The average molecular weight is 226 g/mol. The Hall–Kier alpha value is -0.480. The van der Waals surface area contributed by atoms with Crippen LogP contribution in [0.3, 0.4) is 0 Å². The quantitative estimate of drug-likeness (QED) is 0.854. The van der Waals surface area contributed by atoms with Crippen molar-refractivity contribution in [3.8, 4) is 0 Å². The number of rotatable bonds is 4. The van der Waals surface area contributed by atoms with E-state index in [1.165, 1.54) is 23.6 Å². The largest absolute Gasteiger partial charge is 0.446 e. The molecule has 0 radical (unpaired) electrons. The highest BCUT2D eigenvalue weighted by molar-refractivity contribution is 7.99. The minimum atomic E-state index is 0.616. The zero-order valence-corrected chi connectivity index (χ0v) is 9.98. The molecule has 1 atom stereocenters. The molecule has 1 aromatic rings. The van der Waals surface area contributed by atoms with Crippen molar-refractivity contribution in [2.75, 3.05) is 18.1 Å². The van der Waals surface area contributed by atoms with Crippen LogP contribution in [0, 0.1) is 6.92 Å². The van der Waals surface area contributed by atoms with Crippen molar-refractivity contribution in [1.29, 1.82) is 0 Å². The van der Waals surface area contributed by atoms with Crippen molar-refractivity contribution in [2.45, 2.75) is 32.1 Å². The Balaban J connectivity index is 2.06. The second-order valence-corrected chi connectivity index (χ2v) is 5.15. The smallest absolute Gasteiger partial charge is 0.194 e. The van der Waals surface area contributed by atoms with Gasteiger partial charge in [-0.3, -0.25) is 0 Å². The lowest BCUT2D eigenvalue weighted by Gasteiger charge is -2.02. The van der Waals surface area contributed by atoms with Crippen LogP contribution in [0.4, 0.5) is 0 Å². The molecule has 1 fully saturated rings. The maximum Gasteiger partial charge on any atom is 0.194 e. The third-order valence-corrected chi connectivity index (χ3v) is 3.95. The van der Waals surface area contributed by atoms with Crippen LogP contribution in [0.5, 0.6) is 0 Å². The van der Waals surface area contributed by atoms with Gasteiger partial charge in [0.25, 0.3) is 0 Å². The maximum atomic E-state index is 5.65. The Kier molecular flexibility index (Phi) is 3.70. The molecule has 0 aliphatic carbocycles. The lowest BCUT2D eigenvalue weighted by atomic mass is 10.0. The van der Waals surface area contributed by atoms with E-state index in [-0.39, 0.29) is 0 Å². The fourth-order valence-corrected chi connectivity index (χ4v) is 3.18. The van der Waals surface area contributed by atoms with E-state index in [1.807, 2.05) is 18.7 Å². The second kappa shape index (κ2) is 5.03. The van der Waals surface area contributed by atoms with Crippen LogP contribution in [0.25, 0.3) is 0 Å². The SMILES string of the molecule is Cc1oc(CCCN)nc1C1CCSC1. The second-order valence-electron chi connectivity index (χ2n) is 4.00. The first kappa shape index (κ1) is 11.0. The summed E-state index contributed by atoms with van der Waals surface area (Å²) >= 11 is 2.01. The molecule has 1 aliphatic heterocycles. The molecule has 3 nitrogen and oxygen atoms in total. The topological polar surface area (TPSA) is 52.0 Å². The lowest BCUT2D eigenvalue weighted by Crippen LogP contribution is -2.01. The molecule has 2 rings (SSSR count). The Labute approximate surface area is 94.8 Å². The third kappa shape index (κ3) is 2.55. The number of nitrogens with zero attached hydrogens (tertiary/aromatic N) is 1. The molecule has 2 N–H and O–H groups in total. The monoisotopic (exact) mass is 226 g/mol. The summed E-state index contributed by atoms with van der Waals surface area (Å²) in [6.45, 7) is 2.73. The molecule has 1 saturated heterocycles. The van der Waals surface area contributed by atoms with Gasteiger partial charge in [-0.2, -0.15) is 11.8 Å². The van der Waals surface area contributed by atoms with Crippen molar-refractivity contribution in [3.63, 3.8) is 0 Å². The summed E-state index contributed by atoms with van der Waals surface area (Å²) in [6, 6.07) is 0. The molecule has 4 heteroatoms. The molecular formula is C11H18N2OS. The summed E-state index contributed by atoms with van der Waals surface area (Å²) in [6.07, 6.45) is 3.07. The van der Waals surface area contributed by atoms with Gasteiger partial charge in [-0.15, -0.1) is 0 Å². The predicted molar refractivity (Wildman–Crippen MR) is 63.3 cm³/mol. The Bertz CT molecular complexity index is 318. The van der Waals surface area contributed by atoms with E-state index in [1.54, 1.807) is 0 Å². The summed E-state index contributed by atoms with van der Waals surface area (Å²) < 4.78 is 5.65. The first-order chi connectivity index (χ1) is 7.31. The van der Waals surface area contributed by atoms with Gasteiger partial charge >= 0.3 is 0 Å². The van der Waals surface area contributed by atoms with Gasteiger partial charge < -0.3 is 10.2 Å². The predicted octanol–water partition coefficient (Wildman–Crippen LogP) is 2.09. The zero-order valence-electron chi connectivity index (χ0n) is 9.16. The van der Waals surface area contributed by atoms with E-state index in [4.69, 9.17) is 10.2 Å². The van der Waals surface area contributed by atoms with Crippen molar-refractivity contribution in [1.82, 2.24) is 4.98 Å². The van der Waals surface area contributed by atoms with Crippen LogP contribution in [0.2, 0.25) is 0 Å². The molecule has 0 amide bonds. The van der Waals surface area contributed by atoms with E-state index < -0.39 is 0 Å². The number of hydrogen-bond donors (Lipinski definition) is 1. The summed E-state index contributed by atoms with van der Waals surface area (Å²) in [5, 5.41) is 0.